The van der Waals surface area contributed by atoms with E-state index in [9.17, 15) is 19.5 Å². The third kappa shape index (κ3) is 2.94. The van der Waals surface area contributed by atoms with E-state index in [2.05, 4.69) is 0 Å². The minimum Gasteiger partial charge on any atom is -0.477 e. The Bertz CT molecular complexity index is 768. The number of esters is 1. The summed E-state index contributed by atoms with van der Waals surface area (Å²) in [5, 5.41) is 9.15. The summed E-state index contributed by atoms with van der Waals surface area (Å²) in [6.07, 6.45) is 1.78. The first-order valence-corrected chi connectivity index (χ1v) is 8.34. The van der Waals surface area contributed by atoms with Gasteiger partial charge in [0.1, 0.15) is 17.7 Å². The molecule has 7 heteroatoms. The first-order valence-electron chi connectivity index (χ1n) is 7.29. The van der Waals surface area contributed by atoms with Gasteiger partial charge in [0.2, 0.25) is 0 Å². The maximum Gasteiger partial charge on any atom is 0.352 e. The van der Waals surface area contributed by atoms with E-state index in [1.165, 1.54) is 23.6 Å². The molecule has 24 heavy (non-hydrogen) atoms. The maximum absolute atomic E-state index is 12.4. The number of fused-ring (bicyclic) bond motifs is 1. The Balaban J connectivity index is 1.88. The van der Waals surface area contributed by atoms with Crippen molar-refractivity contribution in [2.75, 3.05) is 12.4 Å². The van der Waals surface area contributed by atoms with Crippen LogP contribution in [0.25, 0.3) is 6.08 Å². The summed E-state index contributed by atoms with van der Waals surface area (Å²) < 4.78 is 4.90. The van der Waals surface area contributed by atoms with Crippen LogP contribution >= 0.6 is 11.8 Å². The quantitative estimate of drug-likeness (QED) is 0.510. The van der Waals surface area contributed by atoms with Gasteiger partial charge in [0.25, 0.3) is 5.91 Å². The zero-order valence-corrected chi connectivity index (χ0v) is 13.7. The number of thioether (sulfide) groups is 1. The van der Waals surface area contributed by atoms with Gasteiger partial charge in [-0.3, -0.25) is 14.5 Å². The summed E-state index contributed by atoms with van der Waals surface area (Å²) in [7, 11) is 0. The van der Waals surface area contributed by atoms with Gasteiger partial charge >= 0.3 is 11.9 Å². The number of rotatable bonds is 4. The van der Waals surface area contributed by atoms with Crippen LogP contribution in [0, 0.1) is 0 Å². The van der Waals surface area contributed by atoms with Crippen LogP contribution in [0.4, 0.5) is 0 Å². The first kappa shape index (κ1) is 16.3. The number of hydrogen-bond donors (Lipinski definition) is 1. The number of carboxylic acid groups (broad SMARTS) is 1. The highest BCUT2D eigenvalue weighted by Gasteiger charge is 2.49. The van der Waals surface area contributed by atoms with Gasteiger partial charge in [0.05, 0.1) is 5.57 Å². The molecule has 124 valence electrons. The fraction of sp³-hybridized carbons (Fsp3) is 0.235. The summed E-state index contributed by atoms with van der Waals surface area (Å²) >= 11 is 1.45. The number of nitrogens with zero attached hydrogens (tertiary/aromatic N) is 1. The van der Waals surface area contributed by atoms with Gasteiger partial charge in [-0.2, -0.15) is 0 Å². The van der Waals surface area contributed by atoms with Crippen molar-refractivity contribution >= 4 is 35.7 Å². The SMILES string of the molecule is CC(=O)OCC1=C(C(=O)O)N2C(=O)/C(=C/c3ccccc3)[C@H]2SC1. The van der Waals surface area contributed by atoms with Crippen molar-refractivity contribution in [3.63, 3.8) is 0 Å². The number of benzene rings is 1. The molecule has 2 aliphatic rings. The minimum absolute atomic E-state index is 0.0739. The Labute approximate surface area is 142 Å². The van der Waals surface area contributed by atoms with Crippen molar-refractivity contribution in [1.29, 1.82) is 0 Å². The van der Waals surface area contributed by atoms with Gasteiger partial charge in [0.15, 0.2) is 0 Å². The molecule has 0 aromatic heterocycles. The molecule has 0 unspecified atom stereocenters. The third-order valence-corrected chi connectivity index (χ3v) is 5.03. The second-order valence-corrected chi connectivity index (χ2v) is 6.45. The van der Waals surface area contributed by atoms with Crippen molar-refractivity contribution in [2.45, 2.75) is 12.3 Å². The molecule has 1 aromatic rings. The molecule has 0 aliphatic carbocycles. The summed E-state index contributed by atoms with van der Waals surface area (Å²) in [5.41, 5.74) is 1.84. The Kier molecular flexibility index (Phi) is 4.44. The second kappa shape index (κ2) is 6.52. The molecule has 3 rings (SSSR count). The number of carbonyl (C=O) groups is 3. The van der Waals surface area contributed by atoms with Gasteiger partial charge in [-0.15, -0.1) is 11.8 Å². The summed E-state index contributed by atoms with van der Waals surface area (Å²) in [5.74, 6) is -1.60. The lowest BCUT2D eigenvalue weighted by molar-refractivity contribution is -0.142. The monoisotopic (exact) mass is 345 g/mol. The number of aliphatic carboxylic acids is 1. The predicted molar refractivity (Wildman–Crippen MR) is 88.8 cm³/mol. The lowest BCUT2D eigenvalue weighted by Crippen LogP contribution is -2.56. The largest absolute Gasteiger partial charge is 0.477 e. The molecule has 0 saturated carbocycles. The molecule has 6 nitrogen and oxygen atoms in total. The molecule has 1 aromatic carbocycles. The highest BCUT2D eigenvalue weighted by atomic mass is 32.2. The normalized spacial score (nSPS) is 21.4. The molecule has 1 fully saturated rings. The van der Waals surface area contributed by atoms with Crippen LogP contribution in [0.5, 0.6) is 0 Å². The number of hydrogen-bond acceptors (Lipinski definition) is 5. The number of β-lactam (4-membered cyclic amide) rings is 1. The lowest BCUT2D eigenvalue weighted by Gasteiger charge is -2.45. The number of ether oxygens (including phenoxy) is 1. The van der Waals surface area contributed by atoms with E-state index in [0.717, 1.165) is 5.56 Å². The lowest BCUT2D eigenvalue weighted by atomic mass is 9.99. The third-order valence-electron chi connectivity index (χ3n) is 3.73. The Morgan fingerprint density at radius 2 is 2.08 bits per heavy atom. The standard InChI is InChI=1S/C17H15NO5S/c1-10(19)23-8-12-9-24-16-13(7-11-5-3-2-4-6-11)15(20)18(16)14(12)17(21)22/h2-7,16H,8-9H2,1H3,(H,21,22)/b13-7-/t16-/m1/s1. The van der Waals surface area contributed by atoms with Crippen LogP contribution in [0.2, 0.25) is 0 Å². The molecule has 2 heterocycles. The number of carbonyl (C=O) groups excluding carboxylic acids is 2. The summed E-state index contributed by atoms with van der Waals surface area (Å²) in [4.78, 5) is 36.2. The van der Waals surface area contributed by atoms with E-state index in [-0.39, 0.29) is 23.6 Å². The molecule has 1 amide bonds. The van der Waals surface area contributed by atoms with Crippen LogP contribution < -0.4 is 0 Å². The maximum atomic E-state index is 12.4. The Morgan fingerprint density at radius 1 is 1.38 bits per heavy atom. The van der Waals surface area contributed by atoms with Crippen LogP contribution in [-0.2, 0) is 19.1 Å². The summed E-state index contributed by atoms with van der Waals surface area (Å²) in [6.45, 7) is 1.15. The first-order chi connectivity index (χ1) is 11.5. The van der Waals surface area contributed by atoms with E-state index in [1.807, 2.05) is 30.3 Å². The van der Waals surface area contributed by atoms with Crippen molar-refractivity contribution < 1.29 is 24.2 Å². The molecule has 1 N–H and O–H groups in total. The molecule has 2 aliphatic heterocycles. The van der Waals surface area contributed by atoms with Gasteiger partial charge in [0, 0.05) is 18.2 Å². The van der Waals surface area contributed by atoms with Gasteiger partial charge in [-0.1, -0.05) is 30.3 Å². The molecular weight excluding hydrogens is 330 g/mol. The zero-order chi connectivity index (χ0) is 17.3. The van der Waals surface area contributed by atoms with Crippen LogP contribution in [0.3, 0.4) is 0 Å². The zero-order valence-electron chi connectivity index (χ0n) is 12.9. The average Bonchev–Trinajstić information content (AvgIpc) is 2.57. The van der Waals surface area contributed by atoms with E-state index in [0.29, 0.717) is 16.9 Å². The second-order valence-electron chi connectivity index (χ2n) is 5.39. The smallest absolute Gasteiger partial charge is 0.352 e. The molecule has 0 bridgehead atoms. The Hall–Kier alpha value is -2.54. The molecule has 0 spiro atoms. The molecule has 0 radical (unpaired) electrons. The van der Waals surface area contributed by atoms with Gasteiger partial charge < -0.3 is 9.84 Å². The fourth-order valence-corrected chi connectivity index (χ4v) is 3.92. The van der Waals surface area contributed by atoms with E-state index in [4.69, 9.17) is 4.74 Å². The van der Waals surface area contributed by atoms with Crippen LogP contribution in [-0.4, -0.2) is 45.6 Å². The van der Waals surface area contributed by atoms with E-state index in [1.54, 1.807) is 6.08 Å². The van der Waals surface area contributed by atoms with Gasteiger partial charge in [-0.25, -0.2) is 4.79 Å². The predicted octanol–water partition coefficient (Wildman–Crippen LogP) is 1.89. The highest BCUT2D eigenvalue weighted by Crippen LogP contribution is 2.44. The van der Waals surface area contributed by atoms with Gasteiger partial charge in [-0.05, 0) is 11.6 Å². The van der Waals surface area contributed by atoms with Crippen LogP contribution in [0.1, 0.15) is 12.5 Å². The van der Waals surface area contributed by atoms with Crippen molar-refractivity contribution in [1.82, 2.24) is 4.90 Å². The molecule has 1 saturated heterocycles. The fourth-order valence-electron chi connectivity index (χ4n) is 2.64. The van der Waals surface area contributed by atoms with E-state index < -0.39 is 11.9 Å². The Morgan fingerprint density at radius 3 is 2.71 bits per heavy atom. The number of carboxylic acids is 1. The van der Waals surface area contributed by atoms with Crippen LogP contribution in [0.15, 0.2) is 47.2 Å². The van der Waals surface area contributed by atoms with E-state index >= 15 is 0 Å². The average molecular weight is 345 g/mol. The highest BCUT2D eigenvalue weighted by molar-refractivity contribution is 8.00. The van der Waals surface area contributed by atoms with Crippen molar-refractivity contribution in [3.05, 3.63) is 52.7 Å². The number of amides is 1. The summed E-state index contributed by atoms with van der Waals surface area (Å²) in [6, 6.07) is 9.41. The van der Waals surface area contributed by atoms with Crippen molar-refractivity contribution in [2.24, 2.45) is 0 Å². The topological polar surface area (TPSA) is 83.9 Å². The molecule has 1 atom stereocenters. The minimum atomic E-state index is -1.19. The molecular formula is C17H15NO5S. The van der Waals surface area contributed by atoms with Crippen molar-refractivity contribution in [3.8, 4) is 0 Å².